The van der Waals surface area contributed by atoms with Crippen molar-refractivity contribution in [2.75, 3.05) is 12.4 Å². The Kier molecular flexibility index (Phi) is 4.47. The molecule has 0 radical (unpaired) electrons. The van der Waals surface area contributed by atoms with Gasteiger partial charge in [0.05, 0.1) is 7.11 Å². The number of pyridine rings is 1. The number of halogens is 1. The van der Waals surface area contributed by atoms with E-state index in [0.29, 0.717) is 12.0 Å². The van der Waals surface area contributed by atoms with E-state index in [0.717, 1.165) is 23.7 Å². The monoisotopic (exact) mass is 291 g/mol. The zero-order chi connectivity index (χ0) is 13.2. The van der Waals surface area contributed by atoms with Gasteiger partial charge in [-0.2, -0.15) is 0 Å². The van der Waals surface area contributed by atoms with Crippen molar-refractivity contribution in [2.24, 2.45) is 5.73 Å². The second kappa shape index (κ2) is 6.11. The summed E-state index contributed by atoms with van der Waals surface area (Å²) in [6.07, 6.45) is 2.98. The van der Waals surface area contributed by atoms with Crippen LogP contribution in [0, 0.1) is 0 Å². The van der Waals surface area contributed by atoms with Gasteiger partial charge >= 0.3 is 0 Å². The SMILES string of the molecule is COc1cccc(Nc2ccc([C@H]3C[C@@H]3N)cn2)c1.Cl. The fourth-order valence-electron chi connectivity index (χ4n) is 2.15. The molecule has 1 heterocycles. The smallest absolute Gasteiger partial charge is 0.130 e. The van der Waals surface area contributed by atoms with Crippen LogP contribution in [0.4, 0.5) is 11.5 Å². The third-order valence-electron chi connectivity index (χ3n) is 3.40. The lowest BCUT2D eigenvalue weighted by molar-refractivity contribution is 0.415. The lowest BCUT2D eigenvalue weighted by Gasteiger charge is -2.08. The van der Waals surface area contributed by atoms with E-state index in [9.17, 15) is 0 Å². The van der Waals surface area contributed by atoms with Gasteiger partial charge in [0.2, 0.25) is 0 Å². The van der Waals surface area contributed by atoms with Gasteiger partial charge in [-0.25, -0.2) is 4.98 Å². The second-order valence-corrected chi connectivity index (χ2v) is 4.84. The van der Waals surface area contributed by atoms with Crippen LogP contribution in [0.3, 0.4) is 0 Å². The number of ether oxygens (including phenoxy) is 1. The zero-order valence-electron chi connectivity index (χ0n) is 11.2. The Morgan fingerprint density at radius 2 is 2.10 bits per heavy atom. The third-order valence-corrected chi connectivity index (χ3v) is 3.40. The van der Waals surface area contributed by atoms with Crippen LogP contribution < -0.4 is 15.8 Å². The lowest BCUT2D eigenvalue weighted by atomic mass is 10.2. The average Bonchev–Trinajstić information content (AvgIpc) is 3.17. The molecule has 1 saturated carbocycles. The van der Waals surface area contributed by atoms with Crippen LogP contribution in [0.15, 0.2) is 42.6 Å². The number of nitrogens with one attached hydrogen (secondary N) is 1. The maximum atomic E-state index is 5.83. The Morgan fingerprint density at radius 1 is 1.30 bits per heavy atom. The van der Waals surface area contributed by atoms with Gasteiger partial charge in [-0.05, 0) is 30.2 Å². The van der Waals surface area contributed by atoms with E-state index >= 15 is 0 Å². The number of hydrogen-bond donors (Lipinski definition) is 2. The second-order valence-electron chi connectivity index (χ2n) is 4.84. The first-order valence-electron chi connectivity index (χ1n) is 6.39. The standard InChI is InChI=1S/C15H17N3O.ClH/c1-19-12-4-2-3-11(7-12)18-15-6-5-10(9-17-15)13-8-14(13)16;/h2-7,9,13-14H,8,16H2,1H3,(H,17,18);1H/t13-,14+;/m1./s1. The van der Waals surface area contributed by atoms with Gasteiger partial charge in [-0.15, -0.1) is 12.4 Å². The van der Waals surface area contributed by atoms with Crippen molar-refractivity contribution in [1.29, 1.82) is 0 Å². The molecular formula is C15H18ClN3O. The molecule has 5 heteroatoms. The van der Waals surface area contributed by atoms with E-state index < -0.39 is 0 Å². The topological polar surface area (TPSA) is 60.2 Å². The first-order valence-corrected chi connectivity index (χ1v) is 6.39. The normalized spacial score (nSPS) is 19.9. The van der Waals surface area contributed by atoms with Crippen molar-refractivity contribution in [3.63, 3.8) is 0 Å². The van der Waals surface area contributed by atoms with Crippen molar-refractivity contribution < 1.29 is 4.74 Å². The number of methoxy groups -OCH3 is 1. The molecule has 1 fully saturated rings. The fraction of sp³-hybridized carbons (Fsp3) is 0.267. The maximum Gasteiger partial charge on any atom is 0.130 e. The van der Waals surface area contributed by atoms with Gasteiger partial charge in [0.15, 0.2) is 0 Å². The summed E-state index contributed by atoms with van der Waals surface area (Å²) in [6.45, 7) is 0. The molecule has 0 spiro atoms. The largest absolute Gasteiger partial charge is 0.497 e. The first kappa shape index (κ1) is 14.6. The molecule has 1 aliphatic rings. The lowest BCUT2D eigenvalue weighted by Crippen LogP contribution is -2.01. The Labute approximate surface area is 124 Å². The van der Waals surface area contributed by atoms with Crippen molar-refractivity contribution in [3.05, 3.63) is 48.2 Å². The van der Waals surface area contributed by atoms with Crippen LogP contribution in [0.5, 0.6) is 5.75 Å². The molecule has 0 bridgehead atoms. The molecule has 2 atom stereocenters. The molecule has 2 aromatic rings. The van der Waals surface area contributed by atoms with E-state index in [-0.39, 0.29) is 12.4 Å². The number of aromatic nitrogens is 1. The van der Waals surface area contributed by atoms with Crippen molar-refractivity contribution >= 4 is 23.9 Å². The van der Waals surface area contributed by atoms with Crippen molar-refractivity contribution in [3.8, 4) is 5.75 Å². The Bertz CT molecular complexity index is 574. The predicted octanol–water partition coefficient (Wildman–Crippen LogP) is 3.07. The van der Waals surface area contributed by atoms with Crippen LogP contribution in [0.1, 0.15) is 17.9 Å². The van der Waals surface area contributed by atoms with Gasteiger partial charge in [-0.1, -0.05) is 12.1 Å². The highest BCUT2D eigenvalue weighted by Gasteiger charge is 2.34. The number of anilines is 2. The Hall–Kier alpha value is -1.78. The van der Waals surface area contributed by atoms with E-state index in [1.54, 1.807) is 7.11 Å². The van der Waals surface area contributed by atoms with Crippen LogP contribution in [0.25, 0.3) is 0 Å². The van der Waals surface area contributed by atoms with E-state index in [1.165, 1.54) is 5.56 Å². The molecule has 0 aliphatic heterocycles. The van der Waals surface area contributed by atoms with Crippen molar-refractivity contribution in [1.82, 2.24) is 4.98 Å². The highest BCUT2D eigenvalue weighted by molar-refractivity contribution is 5.85. The third kappa shape index (κ3) is 3.21. The van der Waals surface area contributed by atoms with E-state index in [2.05, 4.69) is 16.4 Å². The fourth-order valence-corrected chi connectivity index (χ4v) is 2.15. The van der Waals surface area contributed by atoms with Crippen molar-refractivity contribution in [2.45, 2.75) is 18.4 Å². The van der Waals surface area contributed by atoms with Gasteiger partial charge in [0.1, 0.15) is 11.6 Å². The highest BCUT2D eigenvalue weighted by atomic mass is 35.5. The van der Waals surface area contributed by atoms with Crippen LogP contribution in [0.2, 0.25) is 0 Å². The van der Waals surface area contributed by atoms with Gasteiger partial charge < -0.3 is 15.8 Å². The molecule has 0 saturated heterocycles. The van der Waals surface area contributed by atoms with Gasteiger partial charge in [0.25, 0.3) is 0 Å². The summed E-state index contributed by atoms with van der Waals surface area (Å²) in [5.41, 5.74) is 8.02. The molecule has 1 aliphatic carbocycles. The first-order chi connectivity index (χ1) is 9.26. The number of benzene rings is 1. The minimum Gasteiger partial charge on any atom is -0.497 e. The molecule has 1 aromatic carbocycles. The molecule has 3 N–H and O–H groups in total. The number of nitrogens with two attached hydrogens (primary N) is 1. The van der Waals surface area contributed by atoms with E-state index in [4.69, 9.17) is 10.5 Å². The molecule has 106 valence electrons. The Balaban J connectivity index is 0.00000147. The summed E-state index contributed by atoms with van der Waals surface area (Å²) >= 11 is 0. The van der Waals surface area contributed by atoms with Crippen LogP contribution >= 0.6 is 12.4 Å². The van der Waals surface area contributed by atoms with E-state index in [1.807, 2.05) is 36.5 Å². The molecule has 1 aromatic heterocycles. The maximum absolute atomic E-state index is 5.83. The minimum atomic E-state index is 0. The molecule has 0 unspecified atom stereocenters. The summed E-state index contributed by atoms with van der Waals surface area (Å²) < 4.78 is 5.19. The molecule has 20 heavy (non-hydrogen) atoms. The number of nitrogens with zero attached hydrogens (tertiary/aromatic N) is 1. The summed E-state index contributed by atoms with van der Waals surface area (Å²) in [5, 5.41) is 3.25. The quantitative estimate of drug-likeness (QED) is 0.909. The van der Waals surface area contributed by atoms with Crippen LogP contribution in [-0.2, 0) is 0 Å². The summed E-state index contributed by atoms with van der Waals surface area (Å²) in [7, 11) is 1.66. The molecular weight excluding hydrogens is 274 g/mol. The van der Waals surface area contributed by atoms with Gasteiger partial charge in [-0.3, -0.25) is 0 Å². The molecule has 3 rings (SSSR count). The van der Waals surface area contributed by atoms with Gasteiger partial charge in [0, 0.05) is 29.9 Å². The van der Waals surface area contributed by atoms with Crippen LogP contribution in [-0.4, -0.2) is 18.1 Å². The average molecular weight is 292 g/mol. The summed E-state index contributed by atoms with van der Waals surface area (Å²) in [4.78, 5) is 4.42. The summed E-state index contributed by atoms with van der Waals surface area (Å²) in [5.74, 6) is 2.15. The molecule has 4 nitrogen and oxygen atoms in total. The predicted molar refractivity (Wildman–Crippen MR) is 83.1 cm³/mol. The summed E-state index contributed by atoms with van der Waals surface area (Å²) in [6, 6.07) is 12.2. The number of hydrogen-bond acceptors (Lipinski definition) is 4. The molecule has 0 amide bonds. The highest BCUT2D eigenvalue weighted by Crippen LogP contribution is 2.38. The number of rotatable bonds is 4. The zero-order valence-corrected chi connectivity index (χ0v) is 12.1. The Morgan fingerprint density at radius 3 is 2.70 bits per heavy atom. The minimum absolute atomic E-state index is 0.